The Balaban J connectivity index is 2.89. The maximum absolute atomic E-state index is 3.81. The van der Waals surface area contributed by atoms with Gasteiger partial charge >= 0.3 is 0 Å². The minimum absolute atomic E-state index is 1.00. The zero-order chi connectivity index (χ0) is 6.69. The third-order valence-corrected chi connectivity index (χ3v) is 2.03. The van der Waals surface area contributed by atoms with Gasteiger partial charge in [-0.1, -0.05) is 25.3 Å². The van der Waals surface area contributed by atoms with Crippen molar-refractivity contribution >= 4 is 16.9 Å². The summed E-state index contributed by atoms with van der Waals surface area (Å²) >= 11 is 1.68. The molecule has 1 aromatic rings. The van der Waals surface area contributed by atoms with Gasteiger partial charge in [0.2, 0.25) is 0 Å². The largest absolute Gasteiger partial charge is 0.144 e. The molecular weight excluding hydrogens is 128 g/mol. The van der Waals surface area contributed by atoms with E-state index in [1.54, 1.807) is 17.4 Å². The van der Waals surface area contributed by atoms with Crippen LogP contribution in [0.2, 0.25) is 0 Å². The van der Waals surface area contributed by atoms with Gasteiger partial charge in [0, 0.05) is 4.88 Å². The van der Waals surface area contributed by atoms with Crippen molar-refractivity contribution in [2.24, 2.45) is 0 Å². The van der Waals surface area contributed by atoms with Crippen molar-refractivity contribution in [3.63, 3.8) is 0 Å². The van der Waals surface area contributed by atoms with Gasteiger partial charge in [-0.15, -0.1) is 11.3 Å². The van der Waals surface area contributed by atoms with Crippen LogP contribution >= 0.6 is 11.3 Å². The minimum atomic E-state index is 1.00. The summed E-state index contributed by atoms with van der Waals surface area (Å²) in [5.74, 6) is 0. The maximum atomic E-state index is 3.81. The van der Waals surface area contributed by atoms with E-state index in [0.29, 0.717) is 0 Å². The fourth-order valence-electron chi connectivity index (χ4n) is 0.562. The van der Waals surface area contributed by atoms with Gasteiger partial charge in [0.05, 0.1) is 0 Å². The lowest BCUT2D eigenvalue weighted by molar-refractivity contribution is 1.89. The molecule has 0 amide bonds. The fraction of sp³-hybridized carbons (Fsp3) is 0. The SMILES string of the molecule is C=CC(=C)c1cccs1. The first-order chi connectivity index (χ1) is 4.34. The van der Waals surface area contributed by atoms with Gasteiger partial charge in [-0.2, -0.15) is 0 Å². The molecule has 0 aromatic carbocycles. The highest BCUT2D eigenvalue weighted by molar-refractivity contribution is 7.11. The third kappa shape index (κ3) is 1.30. The summed E-state index contributed by atoms with van der Waals surface area (Å²) in [4.78, 5) is 1.20. The number of hydrogen-bond acceptors (Lipinski definition) is 1. The van der Waals surface area contributed by atoms with Crippen LogP contribution in [0.15, 0.2) is 36.7 Å². The van der Waals surface area contributed by atoms with Crippen molar-refractivity contribution in [2.45, 2.75) is 0 Å². The van der Waals surface area contributed by atoms with Crippen molar-refractivity contribution in [3.8, 4) is 0 Å². The summed E-state index contributed by atoms with van der Waals surface area (Å²) in [6.45, 7) is 7.43. The highest BCUT2D eigenvalue weighted by atomic mass is 32.1. The van der Waals surface area contributed by atoms with Crippen LogP contribution in [0.25, 0.3) is 5.57 Å². The number of thiophene rings is 1. The lowest BCUT2D eigenvalue weighted by Gasteiger charge is -1.89. The highest BCUT2D eigenvalue weighted by Gasteiger charge is 1.91. The van der Waals surface area contributed by atoms with Crippen molar-refractivity contribution in [1.82, 2.24) is 0 Å². The summed E-state index contributed by atoms with van der Waals surface area (Å²) in [6, 6.07) is 4.04. The molecular formula is C8H8S. The van der Waals surface area contributed by atoms with E-state index in [0.717, 1.165) is 5.57 Å². The summed E-state index contributed by atoms with van der Waals surface area (Å²) in [6.07, 6.45) is 1.77. The molecule has 46 valence electrons. The standard InChI is InChI=1S/C8H8S/c1-3-7(2)8-5-4-6-9-8/h3-6H,1-2H2. The summed E-state index contributed by atoms with van der Waals surface area (Å²) < 4.78 is 0. The summed E-state index contributed by atoms with van der Waals surface area (Å²) in [5.41, 5.74) is 1.00. The van der Waals surface area contributed by atoms with Crippen molar-refractivity contribution in [3.05, 3.63) is 41.6 Å². The van der Waals surface area contributed by atoms with Gasteiger partial charge < -0.3 is 0 Å². The first-order valence-electron chi connectivity index (χ1n) is 2.70. The molecule has 1 rings (SSSR count). The van der Waals surface area contributed by atoms with E-state index in [-0.39, 0.29) is 0 Å². The molecule has 0 spiro atoms. The Bertz CT molecular complexity index is 206. The molecule has 0 N–H and O–H groups in total. The zero-order valence-electron chi connectivity index (χ0n) is 5.13. The van der Waals surface area contributed by atoms with Gasteiger partial charge in [0.25, 0.3) is 0 Å². The molecule has 1 heterocycles. The van der Waals surface area contributed by atoms with E-state index in [1.807, 2.05) is 17.5 Å². The Hall–Kier alpha value is -0.820. The normalized spacial score (nSPS) is 8.89. The van der Waals surface area contributed by atoms with E-state index in [4.69, 9.17) is 0 Å². The lowest BCUT2D eigenvalue weighted by atomic mass is 10.2. The van der Waals surface area contributed by atoms with Crippen LogP contribution in [0, 0.1) is 0 Å². The molecule has 0 saturated carbocycles. The average Bonchev–Trinajstić information content (AvgIpc) is 2.37. The molecule has 0 aliphatic carbocycles. The van der Waals surface area contributed by atoms with Gasteiger partial charge in [0.15, 0.2) is 0 Å². The van der Waals surface area contributed by atoms with E-state index >= 15 is 0 Å². The molecule has 0 nitrogen and oxygen atoms in total. The van der Waals surface area contributed by atoms with E-state index in [2.05, 4.69) is 13.2 Å². The Kier molecular flexibility index (Phi) is 1.85. The molecule has 0 atom stereocenters. The van der Waals surface area contributed by atoms with Gasteiger partial charge in [0.1, 0.15) is 0 Å². The van der Waals surface area contributed by atoms with Crippen LogP contribution in [-0.4, -0.2) is 0 Å². The maximum Gasteiger partial charge on any atom is 0.0336 e. The highest BCUT2D eigenvalue weighted by Crippen LogP contribution is 2.18. The van der Waals surface area contributed by atoms with Crippen LogP contribution in [0.4, 0.5) is 0 Å². The molecule has 0 saturated heterocycles. The predicted molar refractivity (Wildman–Crippen MR) is 43.6 cm³/mol. The van der Waals surface area contributed by atoms with E-state index in [1.165, 1.54) is 4.88 Å². The fourth-order valence-corrected chi connectivity index (χ4v) is 1.26. The molecule has 0 aliphatic heterocycles. The summed E-state index contributed by atoms with van der Waals surface area (Å²) in [7, 11) is 0. The molecule has 0 aliphatic rings. The van der Waals surface area contributed by atoms with Gasteiger partial charge in [-0.25, -0.2) is 0 Å². The molecule has 9 heavy (non-hydrogen) atoms. The molecule has 0 unspecified atom stereocenters. The lowest BCUT2D eigenvalue weighted by Crippen LogP contribution is -1.65. The number of hydrogen-bond donors (Lipinski definition) is 0. The van der Waals surface area contributed by atoms with Gasteiger partial charge in [-0.05, 0) is 17.0 Å². The van der Waals surface area contributed by atoms with Crippen molar-refractivity contribution < 1.29 is 0 Å². The van der Waals surface area contributed by atoms with Crippen molar-refractivity contribution in [1.29, 1.82) is 0 Å². The Morgan fingerprint density at radius 1 is 1.67 bits per heavy atom. The first-order valence-corrected chi connectivity index (χ1v) is 3.58. The monoisotopic (exact) mass is 136 g/mol. The Labute approximate surface area is 59.2 Å². The summed E-state index contributed by atoms with van der Waals surface area (Å²) in [5, 5.41) is 2.03. The van der Waals surface area contributed by atoms with Crippen LogP contribution in [0.1, 0.15) is 4.88 Å². The predicted octanol–water partition coefficient (Wildman–Crippen LogP) is 2.95. The zero-order valence-corrected chi connectivity index (χ0v) is 5.95. The smallest absolute Gasteiger partial charge is 0.0336 e. The molecule has 0 bridgehead atoms. The minimum Gasteiger partial charge on any atom is -0.144 e. The number of rotatable bonds is 2. The Morgan fingerprint density at radius 2 is 2.44 bits per heavy atom. The second-order valence-electron chi connectivity index (χ2n) is 1.71. The molecule has 1 aromatic heterocycles. The Morgan fingerprint density at radius 3 is 2.89 bits per heavy atom. The molecule has 0 radical (unpaired) electrons. The quantitative estimate of drug-likeness (QED) is 0.548. The second kappa shape index (κ2) is 2.65. The number of allylic oxidation sites excluding steroid dienone is 2. The average molecular weight is 136 g/mol. The molecule has 1 heteroatoms. The van der Waals surface area contributed by atoms with Crippen LogP contribution in [0.3, 0.4) is 0 Å². The van der Waals surface area contributed by atoms with Gasteiger partial charge in [-0.3, -0.25) is 0 Å². The van der Waals surface area contributed by atoms with E-state index in [9.17, 15) is 0 Å². The molecule has 0 fully saturated rings. The van der Waals surface area contributed by atoms with Crippen LogP contribution in [-0.2, 0) is 0 Å². The van der Waals surface area contributed by atoms with Crippen LogP contribution < -0.4 is 0 Å². The first kappa shape index (κ1) is 6.30. The van der Waals surface area contributed by atoms with E-state index < -0.39 is 0 Å². The van der Waals surface area contributed by atoms with Crippen LogP contribution in [0.5, 0.6) is 0 Å². The van der Waals surface area contributed by atoms with Crippen molar-refractivity contribution in [2.75, 3.05) is 0 Å². The topological polar surface area (TPSA) is 0 Å². The third-order valence-electron chi connectivity index (χ3n) is 1.08. The second-order valence-corrected chi connectivity index (χ2v) is 2.65.